The Bertz CT molecular complexity index is 1290. The van der Waals surface area contributed by atoms with Gasteiger partial charge in [-0.3, -0.25) is 19.3 Å². The minimum absolute atomic E-state index is 0.256. The van der Waals surface area contributed by atoms with Gasteiger partial charge in [0.15, 0.2) is 0 Å². The van der Waals surface area contributed by atoms with Gasteiger partial charge in [-0.25, -0.2) is 4.79 Å². The molecule has 1 saturated heterocycles. The Kier molecular flexibility index (Phi) is 6.64. The summed E-state index contributed by atoms with van der Waals surface area (Å²) in [6, 6.07) is 22.2. The van der Waals surface area contributed by atoms with Crippen molar-refractivity contribution in [3.8, 4) is 0 Å². The van der Waals surface area contributed by atoms with Gasteiger partial charge in [0.2, 0.25) is 5.91 Å². The zero-order chi connectivity index (χ0) is 25.0. The van der Waals surface area contributed by atoms with Crippen molar-refractivity contribution in [3.63, 3.8) is 0 Å². The summed E-state index contributed by atoms with van der Waals surface area (Å²) >= 11 is 0. The van der Waals surface area contributed by atoms with E-state index >= 15 is 0 Å². The monoisotopic (exact) mass is 470 g/mol. The molecule has 0 unspecified atom stereocenters. The molecule has 35 heavy (non-hydrogen) atoms. The van der Waals surface area contributed by atoms with E-state index < -0.39 is 35.8 Å². The Labute approximate surface area is 203 Å². The summed E-state index contributed by atoms with van der Waals surface area (Å²) in [5.74, 6) is -1.48. The van der Waals surface area contributed by atoms with Crippen LogP contribution in [-0.4, -0.2) is 35.2 Å². The van der Waals surface area contributed by atoms with Crippen molar-refractivity contribution in [3.05, 3.63) is 95.6 Å². The molecule has 0 aromatic heterocycles. The van der Waals surface area contributed by atoms with Crippen LogP contribution in [0.1, 0.15) is 34.8 Å². The fraction of sp³-hybridized carbons (Fsp3) is 0.185. The number of carbonyl (C=O) groups excluding carboxylic acids is 4. The predicted molar refractivity (Wildman–Crippen MR) is 133 cm³/mol. The summed E-state index contributed by atoms with van der Waals surface area (Å²) in [6.45, 7) is 3.25. The van der Waals surface area contributed by atoms with Crippen molar-refractivity contribution in [2.24, 2.45) is 0 Å². The fourth-order valence-electron chi connectivity index (χ4n) is 4.18. The molecule has 1 heterocycles. The smallest absolute Gasteiger partial charge is 0.324 e. The van der Waals surface area contributed by atoms with Crippen LogP contribution in [0.25, 0.3) is 0 Å². The lowest BCUT2D eigenvalue weighted by Crippen LogP contribution is -2.44. The number of anilines is 2. The standard InChI is InChI=1S/C27H26N4O4/c1-3-27(19-11-5-4-6-12-19)25(34)31(26(35)30-27)17-23(32)29-22-15-8-7-14-21(22)24(33)28-20-13-9-10-18(2)16-20/h4-16H,3,17H2,1-2H3,(H,28,33)(H,29,32)(H,30,35)/t27-/m1/s1. The van der Waals surface area contributed by atoms with Crippen LogP contribution in [-0.2, 0) is 15.1 Å². The number of urea groups is 1. The number of para-hydroxylation sites is 1. The molecular formula is C27H26N4O4. The highest BCUT2D eigenvalue weighted by molar-refractivity contribution is 6.12. The molecule has 5 amide bonds. The summed E-state index contributed by atoms with van der Waals surface area (Å²) < 4.78 is 0. The van der Waals surface area contributed by atoms with E-state index in [-0.39, 0.29) is 11.3 Å². The molecule has 8 nitrogen and oxygen atoms in total. The molecule has 3 aromatic carbocycles. The first kappa shape index (κ1) is 23.7. The lowest BCUT2D eigenvalue weighted by atomic mass is 9.87. The van der Waals surface area contributed by atoms with Crippen LogP contribution in [0.4, 0.5) is 16.2 Å². The Balaban J connectivity index is 1.49. The van der Waals surface area contributed by atoms with Gasteiger partial charge >= 0.3 is 6.03 Å². The minimum Gasteiger partial charge on any atom is -0.324 e. The highest BCUT2D eigenvalue weighted by Gasteiger charge is 2.51. The molecule has 8 heteroatoms. The SMILES string of the molecule is CC[C@]1(c2ccccc2)NC(=O)N(CC(=O)Nc2ccccc2C(=O)Nc2cccc(C)c2)C1=O. The average molecular weight is 471 g/mol. The first-order chi connectivity index (χ1) is 16.8. The van der Waals surface area contributed by atoms with E-state index in [0.717, 1.165) is 10.5 Å². The summed E-state index contributed by atoms with van der Waals surface area (Å²) in [6.07, 6.45) is 0.335. The Morgan fingerprint density at radius 1 is 0.914 bits per heavy atom. The molecule has 0 bridgehead atoms. The molecular weight excluding hydrogens is 444 g/mol. The van der Waals surface area contributed by atoms with Crippen LogP contribution in [0.5, 0.6) is 0 Å². The number of hydrogen-bond donors (Lipinski definition) is 3. The van der Waals surface area contributed by atoms with E-state index in [1.54, 1.807) is 61.5 Å². The molecule has 1 aliphatic rings. The van der Waals surface area contributed by atoms with E-state index in [0.29, 0.717) is 17.7 Å². The van der Waals surface area contributed by atoms with Crippen LogP contribution in [0.3, 0.4) is 0 Å². The number of aryl methyl sites for hydroxylation is 1. The van der Waals surface area contributed by atoms with E-state index in [1.165, 1.54) is 0 Å². The molecule has 0 saturated carbocycles. The molecule has 0 aliphatic carbocycles. The summed E-state index contributed by atoms with van der Waals surface area (Å²) in [5.41, 5.74) is 1.60. The largest absolute Gasteiger partial charge is 0.325 e. The summed E-state index contributed by atoms with van der Waals surface area (Å²) in [5, 5.41) is 8.24. The second-order valence-electron chi connectivity index (χ2n) is 8.36. The van der Waals surface area contributed by atoms with Gasteiger partial charge in [0, 0.05) is 5.69 Å². The molecule has 1 fully saturated rings. The second-order valence-corrected chi connectivity index (χ2v) is 8.36. The number of hydrogen-bond acceptors (Lipinski definition) is 4. The maximum Gasteiger partial charge on any atom is 0.325 e. The summed E-state index contributed by atoms with van der Waals surface area (Å²) in [7, 11) is 0. The fourth-order valence-corrected chi connectivity index (χ4v) is 4.18. The van der Waals surface area contributed by atoms with Gasteiger partial charge in [-0.2, -0.15) is 0 Å². The maximum absolute atomic E-state index is 13.3. The second kappa shape index (κ2) is 9.80. The zero-order valence-electron chi connectivity index (χ0n) is 19.5. The average Bonchev–Trinajstić information content (AvgIpc) is 3.10. The van der Waals surface area contributed by atoms with E-state index in [1.807, 2.05) is 31.2 Å². The van der Waals surface area contributed by atoms with Crippen molar-refractivity contribution in [2.45, 2.75) is 25.8 Å². The van der Waals surface area contributed by atoms with Gasteiger partial charge < -0.3 is 16.0 Å². The van der Waals surface area contributed by atoms with Crippen LogP contribution in [0.15, 0.2) is 78.9 Å². The lowest BCUT2D eigenvalue weighted by Gasteiger charge is -2.25. The maximum atomic E-state index is 13.3. The third-order valence-corrected chi connectivity index (χ3v) is 6.00. The van der Waals surface area contributed by atoms with Crippen LogP contribution in [0, 0.1) is 6.92 Å². The highest BCUT2D eigenvalue weighted by Crippen LogP contribution is 2.32. The first-order valence-electron chi connectivity index (χ1n) is 11.3. The van der Waals surface area contributed by atoms with E-state index in [4.69, 9.17) is 0 Å². The van der Waals surface area contributed by atoms with Gasteiger partial charge in [0.1, 0.15) is 12.1 Å². The number of benzene rings is 3. The number of amides is 5. The summed E-state index contributed by atoms with van der Waals surface area (Å²) in [4.78, 5) is 52.6. The van der Waals surface area contributed by atoms with E-state index in [9.17, 15) is 19.2 Å². The highest BCUT2D eigenvalue weighted by atomic mass is 16.2. The van der Waals surface area contributed by atoms with Crippen molar-refractivity contribution in [1.29, 1.82) is 0 Å². The van der Waals surface area contributed by atoms with Gasteiger partial charge in [0.05, 0.1) is 11.3 Å². The van der Waals surface area contributed by atoms with Gasteiger partial charge in [-0.05, 0) is 48.7 Å². The molecule has 178 valence electrons. The van der Waals surface area contributed by atoms with Gasteiger partial charge in [-0.15, -0.1) is 0 Å². The molecule has 3 N–H and O–H groups in total. The third-order valence-electron chi connectivity index (χ3n) is 6.00. The number of imide groups is 1. The number of nitrogens with zero attached hydrogens (tertiary/aromatic N) is 1. The van der Waals surface area contributed by atoms with E-state index in [2.05, 4.69) is 16.0 Å². The molecule has 1 aliphatic heterocycles. The Morgan fingerprint density at radius 2 is 1.63 bits per heavy atom. The predicted octanol–water partition coefficient (Wildman–Crippen LogP) is 4.04. The topological polar surface area (TPSA) is 108 Å². The van der Waals surface area contributed by atoms with Crippen LogP contribution in [0.2, 0.25) is 0 Å². The van der Waals surface area contributed by atoms with Crippen molar-refractivity contribution in [1.82, 2.24) is 10.2 Å². The zero-order valence-corrected chi connectivity index (χ0v) is 19.5. The number of rotatable bonds is 7. The first-order valence-corrected chi connectivity index (χ1v) is 11.3. The third kappa shape index (κ3) is 4.77. The number of carbonyl (C=O) groups is 4. The molecule has 1 atom stereocenters. The van der Waals surface area contributed by atoms with Crippen LogP contribution >= 0.6 is 0 Å². The van der Waals surface area contributed by atoms with Gasteiger partial charge in [0.25, 0.3) is 11.8 Å². The van der Waals surface area contributed by atoms with Crippen molar-refractivity contribution >= 4 is 35.1 Å². The van der Waals surface area contributed by atoms with Crippen molar-refractivity contribution < 1.29 is 19.2 Å². The molecule has 3 aromatic rings. The quantitative estimate of drug-likeness (QED) is 0.453. The normalized spacial score (nSPS) is 17.1. The molecule has 0 spiro atoms. The Morgan fingerprint density at radius 3 is 2.34 bits per heavy atom. The Hall–Kier alpha value is -4.46. The van der Waals surface area contributed by atoms with Crippen molar-refractivity contribution in [2.75, 3.05) is 17.2 Å². The van der Waals surface area contributed by atoms with Crippen LogP contribution < -0.4 is 16.0 Å². The lowest BCUT2D eigenvalue weighted by molar-refractivity contribution is -0.134. The minimum atomic E-state index is -1.22. The molecule has 4 rings (SSSR count). The number of nitrogens with one attached hydrogen (secondary N) is 3. The molecule has 0 radical (unpaired) electrons. The van der Waals surface area contributed by atoms with Gasteiger partial charge in [-0.1, -0.05) is 61.5 Å².